The Balaban J connectivity index is 3.97. The number of hydrogen-bond donors (Lipinski definition) is 1. The molecule has 0 saturated carbocycles. The van der Waals surface area contributed by atoms with E-state index in [4.69, 9.17) is 19.3 Å². The second-order valence-corrected chi connectivity index (χ2v) is 3.93. The van der Waals surface area contributed by atoms with Gasteiger partial charge < -0.3 is 24.1 Å². The van der Waals surface area contributed by atoms with Crippen LogP contribution in [0.5, 0.6) is 0 Å². The van der Waals surface area contributed by atoms with Crippen molar-refractivity contribution in [1.82, 2.24) is 0 Å². The van der Waals surface area contributed by atoms with E-state index in [0.29, 0.717) is 6.42 Å². The third-order valence-corrected chi connectivity index (χ3v) is 2.27. The molecule has 1 N–H and O–H groups in total. The maximum atomic E-state index is 11.2. The third-order valence-electron chi connectivity index (χ3n) is 2.27. The lowest BCUT2D eigenvalue weighted by molar-refractivity contribution is -0.158. The number of carboxylic acids is 1. The third kappa shape index (κ3) is 11.6. The van der Waals surface area contributed by atoms with Gasteiger partial charge in [-0.25, -0.2) is 4.79 Å². The van der Waals surface area contributed by atoms with E-state index in [1.54, 1.807) is 0 Å². The molecule has 0 aliphatic heterocycles. The lowest BCUT2D eigenvalue weighted by atomic mass is 10.3. The summed E-state index contributed by atoms with van der Waals surface area (Å²) in [6.45, 7) is 3.17. The van der Waals surface area contributed by atoms with Gasteiger partial charge in [0.1, 0.15) is 19.5 Å². The smallest absolute Gasteiger partial charge is 0.330 e. The van der Waals surface area contributed by atoms with Crippen molar-refractivity contribution in [2.75, 3.05) is 27.1 Å². The van der Waals surface area contributed by atoms with Crippen molar-refractivity contribution >= 4 is 17.9 Å². The van der Waals surface area contributed by atoms with Gasteiger partial charge in [0.2, 0.25) is 0 Å². The van der Waals surface area contributed by atoms with E-state index < -0.39 is 24.0 Å². The first-order valence-electron chi connectivity index (χ1n) is 6.26. The summed E-state index contributed by atoms with van der Waals surface area (Å²) in [4.78, 5) is 32.4. The highest BCUT2D eigenvalue weighted by Crippen LogP contribution is 2.03. The molecule has 0 rings (SSSR count). The Hall–Kier alpha value is -1.93. The highest BCUT2D eigenvalue weighted by molar-refractivity contribution is 5.81. The van der Waals surface area contributed by atoms with Gasteiger partial charge >= 0.3 is 17.9 Å². The number of carboxylic acid groups (broad SMARTS) is 1. The van der Waals surface area contributed by atoms with Crippen LogP contribution in [-0.4, -0.2) is 56.2 Å². The van der Waals surface area contributed by atoms with Crippen molar-refractivity contribution in [2.45, 2.75) is 25.4 Å². The van der Waals surface area contributed by atoms with Crippen molar-refractivity contribution in [2.24, 2.45) is 0 Å². The lowest BCUT2D eigenvalue weighted by Crippen LogP contribution is -2.26. The van der Waals surface area contributed by atoms with Gasteiger partial charge in [0.05, 0.1) is 13.5 Å². The molecule has 120 valence electrons. The van der Waals surface area contributed by atoms with Crippen LogP contribution in [0.25, 0.3) is 0 Å². The van der Waals surface area contributed by atoms with E-state index in [2.05, 4.69) is 11.3 Å². The summed E-state index contributed by atoms with van der Waals surface area (Å²) < 4.78 is 19.6. The summed E-state index contributed by atoms with van der Waals surface area (Å²) in [6, 6.07) is 0. The summed E-state index contributed by atoms with van der Waals surface area (Å²) in [5.74, 6) is -2.05. The molecule has 8 nitrogen and oxygen atoms in total. The van der Waals surface area contributed by atoms with E-state index in [9.17, 15) is 14.4 Å². The minimum absolute atomic E-state index is 0.00252. The molecule has 0 aliphatic rings. The van der Waals surface area contributed by atoms with Gasteiger partial charge in [0.25, 0.3) is 0 Å². The number of hydrogen-bond acceptors (Lipinski definition) is 7. The largest absolute Gasteiger partial charge is 0.481 e. The second-order valence-electron chi connectivity index (χ2n) is 3.93. The van der Waals surface area contributed by atoms with E-state index in [-0.39, 0.29) is 32.8 Å². The second kappa shape index (κ2) is 11.9. The van der Waals surface area contributed by atoms with Crippen LogP contribution in [0, 0.1) is 0 Å². The molecule has 0 radical (unpaired) electrons. The molecule has 0 aromatic rings. The van der Waals surface area contributed by atoms with Gasteiger partial charge in [-0.2, -0.15) is 0 Å². The molecule has 0 aromatic carbocycles. The van der Waals surface area contributed by atoms with E-state index in [0.717, 1.165) is 6.08 Å². The number of esters is 2. The number of carbonyl (C=O) groups excluding carboxylic acids is 2. The van der Waals surface area contributed by atoms with Crippen LogP contribution in [0.1, 0.15) is 19.3 Å². The van der Waals surface area contributed by atoms with Crippen molar-refractivity contribution < 1.29 is 38.4 Å². The fraction of sp³-hybridized carbons (Fsp3) is 0.615. The molecule has 0 heterocycles. The fourth-order valence-corrected chi connectivity index (χ4v) is 1.20. The van der Waals surface area contributed by atoms with Gasteiger partial charge in [0.15, 0.2) is 0 Å². The van der Waals surface area contributed by atoms with Crippen molar-refractivity contribution in [3.63, 3.8) is 0 Å². The number of aliphatic carboxylic acids is 1. The zero-order valence-electron chi connectivity index (χ0n) is 11.9. The molecule has 0 spiro atoms. The Labute approximate surface area is 122 Å². The molecule has 0 aliphatic carbocycles. The van der Waals surface area contributed by atoms with Crippen molar-refractivity contribution in [3.8, 4) is 0 Å². The van der Waals surface area contributed by atoms with E-state index >= 15 is 0 Å². The number of rotatable bonds is 12. The fourth-order valence-electron chi connectivity index (χ4n) is 1.20. The average molecular weight is 304 g/mol. The molecule has 0 saturated heterocycles. The molecule has 0 amide bonds. The summed E-state index contributed by atoms with van der Waals surface area (Å²) in [6.07, 6.45) is 0.548. The van der Waals surface area contributed by atoms with Gasteiger partial charge in [-0.05, 0) is 6.42 Å². The van der Waals surface area contributed by atoms with Crippen LogP contribution in [0.3, 0.4) is 0 Å². The number of methoxy groups -OCH3 is 1. The predicted octanol–water partition coefficient (Wildman–Crippen LogP) is 0.503. The Morgan fingerprint density at radius 1 is 1.33 bits per heavy atom. The Bertz CT molecular complexity index is 352. The Morgan fingerprint density at radius 2 is 2.05 bits per heavy atom. The Kier molecular flexibility index (Phi) is 10.8. The highest BCUT2D eigenvalue weighted by atomic mass is 16.7. The van der Waals surface area contributed by atoms with Gasteiger partial charge in [-0.1, -0.05) is 6.58 Å². The zero-order chi connectivity index (χ0) is 16.1. The molecular formula is C13H20O8. The van der Waals surface area contributed by atoms with Crippen LogP contribution in [0.2, 0.25) is 0 Å². The first kappa shape index (κ1) is 19.1. The van der Waals surface area contributed by atoms with Crippen LogP contribution >= 0.6 is 0 Å². The normalized spacial score (nSPS) is 11.5. The SMILES string of the molecule is C=CC(=O)OCC(CC(=O)OC)OCOCCCC(=O)O. The quantitative estimate of drug-likeness (QED) is 0.240. The summed E-state index contributed by atoms with van der Waals surface area (Å²) in [7, 11) is 1.23. The van der Waals surface area contributed by atoms with Gasteiger partial charge in [0, 0.05) is 19.1 Å². The average Bonchev–Trinajstić information content (AvgIpc) is 2.46. The van der Waals surface area contributed by atoms with Crippen molar-refractivity contribution in [3.05, 3.63) is 12.7 Å². The molecule has 1 unspecified atom stereocenters. The van der Waals surface area contributed by atoms with Crippen LogP contribution < -0.4 is 0 Å². The topological polar surface area (TPSA) is 108 Å². The Morgan fingerprint density at radius 3 is 2.62 bits per heavy atom. The maximum Gasteiger partial charge on any atom is 0.330 e. The lowest BCUT2D eigenvalue weighted by Gasteiger charge is -2.16. The standard InChI is InChI=1S/C13H20O8/c1-3-12(16)20-8-10(7-13(17)18-2)21-9-19-6-4-5-11(14)15/h3,10H,1,4-9H2,2H3,(H,14,15). The minimum atomic E-state index is -0.903. The summed E-state index contributed by atoms with van der Waals surface area (Å²) in [5, 5.41) is 8.44. The van der Waals surface area contributed by atoms with Crippen LogP contribution in [0.4, 0.5) is 0 Å². The molecule has 0 aromatic heterocycles. The first-order chi connectivity index (χ1) is 9.99. The molecule has 8 heteroatoms. The maximum absolute atomic E-state index is 11.2. The van der Waals surface area contributed by atoms with Crippen molar-refractivity contribution in [1.29, 1.82) is 0 Å². The molecular weight excluding hydrogens is 284 g/mol. The molecule has 0 bridgehead atoms. The minimum Gasteiger partial charge on any atom is -0.481 e. The molecule has 21 heavy (non-hydrogen) atoms. The predicted molar refractivity (Wildman–Crippen MR) is 70.4 cm³/mol. The van der Waals surface area contributed by atoms with E-state index in [1.807, 2.05) is 0 Å². The van der Waals surface area contributed by atoms with Crippen LogP contribution in [-0.2, 0) is 33.3 Å². The number of carbonyl (C=O) groups is 3. The zero-order valence-corrected chi connectivity index (χ0v) is 11.9. The molecule has 1 atom stereocenters. The summed E-state index contributed by atoms with van der Waals surface area (Å²) in [5.41, 5.74) is 0. The molecule has 0 fully saturated rings. The van der Waals surface area contributed by atoms with E-state index in [1.165, 1.54) is 7.11 Å². The monoisotopic (exact) mass is 304 g/mol. The van der Waals surface area contributed by atoms with Gasteiger partial charge in [-0.15, -0.1) is 0 Å². The van der Waals surface area contributed by atoms with Gasteiger partial charge in [-0.3, -0.25) is 9.59 Å². The first-order valence-corrected chi connectivity index (χ1v) is 6.26. The number of ether oxygens (including phenoxy) is 4. The summed E-state index contributed by atoms with van der Waals surface area (Å²) >= 11 is 0. The highest BCUT2D eigenvalue weighted by Gasteiger charge is 2.17. The van der Waals surface area contributed by atoms with Crippen LogP contribution in [0.15, 0.2) is 12.7 Å².